The molecular weight excluding hydrogens is 321 g/mol. The summed E-state index contributed by atoms with van der Waals surface area (Å²) in [4.78, 5) is 0. The molecule has 0 bridgehead atoms. The lowest BCUT2D eigenvalue weighted by atomic mass is 9.91. The molecule has 0 saturated heterocycles. The Morgan fingerprint density at radius 1 is 0.833 bits per heavy atom. The van der Waals surface area contributed by atoms with E-state index in [0.717, 1.165) is 23.3 Å². The second-order valence-electron chi connectivity index (χ2n) is 5.29. The Kier molecular flexibility index (Phi) is 5.26. The van der Waals surface area contributed by atoms with Crippen molar-refractivity contribution in [1.82, 2.24) is 0 Å². The molecule has 24 heavy (non-hydrogen) atoms. The molecule has 1 unspecified atom stereocenters. The zero-order valence-corrected chi connectivity index (χ0v) is 13.9. The summed E-state index contributed by atoms with van der Waals surface area (Å²) < 4.78 is 54.2. The number of benzene rings is 2. The van der Waals surface area contributed by atoms with Gasteiger partial charge in [0, 0.05) is 23.6 Å². The molecule has 0 radical (unpaired) electrons. The van der Waals surface area contributed by atoms with Gasteiger partial charge in [0.05, 0.1) is 26.9 Å². The van der Waals surface area contributed by atoms with E-state index < -0.39 is 11.7 Å². The molecular formula is C18H19F3O3. The largest absolute Gasteiger partial charge is 0.496 e. The second-order valence-corrected chi connectivity index (χ2v) is 5.29. The molecule has 0 aliphatic heterocycles. The van der Waals surface area contributed by atoms with Gasteiger partial charge in [-0.05, 0) is 17.7 Å². The molecule has 130 valence electrons. The van der Waals surface area contributed by atoms with Gasteiger partial charge >= 0.3 is 6.18 Å². The fourth-order valence-corrected chi connectivity index (χ4v) is 2.59. The Bertz CT molecular complexity index is 669. The average Bonchev–Trinajstić information content (AvgIpc) is 2.59. The SMILES string of the molecule is COc1cc(OC)c(C(C)c2ccc(C(F)(F)F)cc2)c(OC)c1. The van der Waals surface area contributed by atoms with Gasteiger partial charge in [0.15, 0.2) is 0 Å². The van der Waals surface area contributed by atoms with E-state index in [1.54, 1.807) is 12.1 Å². The molecule has 2 rings (SSSR count). The van der Waals surface area contributed by atoms with Crippen molar-refractivity contribution in [1.29, 1.82) is 0 Å². The van der Waals surface area contributed by atoms with Gasteiger partial charge in [0.1, 0.15) is 17.2 Å². The van der Waals surface area contributed by atoms with Gasteiger partial charge < -0.3 is 14.2 Å². The lowest BCUT2D eigenvalue weighted by molar-refractivity contribution is -0.137. The highest BCUT2D eigenvalue weighted by Gasteiger charge is 2.30. The summed E-state index contributed by atoms with van der Waals surface area (Å²) in [6.45, 7) is 1.88. The van der Waals surface area contributed by atoms with Crippen LogP contribution in [0, 0.1) is 0 Å². The van der Waals surface area contributed by atoms with E-state index in [1.807, 2.05) is 6.92 Å². The Labute approximate surface area is 139 Å². The Morgan fingerprint density at radius 3 is 1.71 bits per heavy atom. The number of hydrogen-bond donors (Lipinski definition) is 0. The van der Waals surface area contributed by atoms with Crippen molar-refractivity contribution in [3.8, 4) is 17.2 Å². The van der Waals surface area contributed by atoms with Crippen LogP contribution in [0.3, 0.4) is 0 Å². The van der Waals surface area contributed by atoms with Crippen molar-refractivity contribution in [2.75, 3.05) is 21.3 Å². The van der Waals surface area contributed by atoms with Crippen LogP contribution in [0.5, 0.6) is 17.2 Å². The lowest BCUT2D eigenvalue weighted by Gasteiger charge is -2.21. The number of ether oxygens (including phenoxy) is 3. The van der Waals surface area contributed by atoms with E-state index in [0.29, 0.717) is 17.2 Å². The van der Waals surface area contributed by atoms with Gasteiger partial charge in [0.25, 0.3) is 0 Å². The monoisotopic (exact) mass is 340 g/mol. The number of hydrogen-bond acceptors (Lipinski definition) is 3. The minimum Gasteiger partial charge on any atom is -0.496 e. The number of halogens is 3. The first-order chi connectivity index (χ1) is 11.3. The molecule has 2 aromatic carbocycles. The number of methoxy groups -OCH3 is 3. The summed E-state index contributed by atoms with van der Waals surface area (Å²) in [7, 11) is 4.58. The van der Waals surface area contributed by atoms with Crippen LogP contribution in [-0.4, -0.2) is 21.3 Å². The van der Waals surface area contributed by atoms with Crippen molar-refractivity contribution in [2.45, 2.75) is 19.0 Å². The molecule has 0 fully saturated rings. The van der Waals surface area contributed by atoms with E-state index in [1.165, 1.54) is 33.5 Å². The van der Waals surface area contributed by atoms with Crippen LogP contribution < -0.4 is 14.2 Å². The second kappa shape index (κ2) is 7.03. The fourth-order valence-electron chi connectivity index (χ4n) is 2.59. The highest BCUT2D eigenvalue weighted by atomic mass is 19.4. The van der Waals surface area contributed by atoms with E-state index in [2.05, 4.69) is 0 Å². The summed E-state index contributed by atoms with van der Waals surface area (Å²) in [5, 5.41) is 0. The normalized spacial score (nSPS) is 12.6. The minimum absolute atomic E-state index is 0.219. The molecule has 6 heteroatoms. The first-order valence-corrected chi connectivity index (χ1v) is 7.28. The zero-order chi connectivity index (χ0) is 17.9. The summed E-state index contributed by atoms with van der Waals surface area (Å²) in [5.74, 6) is 1.47. The van der Waals surface area contributed by atoms with E-state index >= 15 is 0 Å². The van der Waals surface area contributed by atoms with Gasteiger partial charge in [-0.3, -0.25) is 0 Å². The third kappa shape index (κ3) is 3.58. The van der Waals surface area contributed by atoms with E-state index in [4.69, 9.17) is 14.2 Å². The van der Waals surface area contributed by atoms with E-state index in [9.17, 15) is 13.2 Å². The number of alkyl halides is 3. The molecule has 0 aliphatic carbocycles. The average molecular weight is 340 g/mol. The molecule has 0 amide bonds. The van der Waals surface area contributed by atoms with Crippen molar-refractivity contribution >= 4 is 0 Å². The first-order valence-electron chi connectivity index (χ1n) is 7.28. The third-order valence-electron chi connectivity index (χ3n) is 3.92. The van der Waals surface area contributed by atoms with Crippen LogP contribution in [-0.2, 0) is 6.18 Å². The van der Waals surface area contributed by atoms with Gasteiger partial charge in [0.2, 0.25) is 0 Å². The van der Waals surface area contributed by atoms with E-state index in [-0.39, 0.29) is 5.92 Å². The summed E-state index contributed by atoms with van der Waals surface area (Å²) in [6, 6.07) is 8.53. The van der Waals surface area contributed by atoms with Gasteiger partial charge in [-0.2, -0.15) is 13.2 Å². The third-order valence-corrected chi connectivity index (χ3v) is 3.92. The summed E-state index contributed by atoms with van der Waals surface area (Å²) >= 11 is 0. The molecule has 0 N–H and O–H groups in total. The Hall–Kier alpha value is -2.37. The maximum atomic E-state index is 12.7. The van der Waals surface area contributed by atoms with Crippen LogP contribution in [0.4, 0.5) is 13.2 Å². The first kappa shape index (κ1) is 18.0. The maximum absolute atomic E-state index is 12.7. The van der Waals surface area contributed by atoms with Gasteiger partial charge in [-0.1, -0.05) is 19.1 Å². The standard InChI is InChI=1S/C18H19F3O3/c1-11(12-5-7-13(8-6-12)18(19,20)21)17-15(23-3)9-14(22-2)10-16(17)24-4/h5-11H,1-4H3. The molecule has 0 aliphatic rings. The van der Waals surface area contributed by atoms with Crippen LogP contribution in [0.15, 0.2) is 36.4 Å². The summed E-state index contributed by atoms with van der Waals surface area (Å²) in [6.07, 6.45) is -4.35. The highest BCUT2D eigenvalue weighted by molar-refractivity contribution is 5.55. The maximum Gasteiger partial charge on any atom is 0.416 e. The van der Waals surface area contributed by atoms with Gasteiger partial charge in [-0.25, -0.2) is 0 Å². The van der Waals surface area contributed by atoms with Crippen LogP contribution >= 0.6 is 0 Å². The fraction of sp³-hybridized carbons (Fsp3) is 0.333. The Morgan fingerprint density at radius 2 is 1.33 bits per heavy atom. The molecule has 3 nitrogen and oxygen atoms in total. The topological polar surface area (TPSA) is 27.7 Å². The summed E-state index contributed by atoms with van der Waals surface area (Å²) in [5.41, 5.74) is 0.803. The van der Waals surface area contributed by atoms with Crippen molar-refractivity contribution < 1.29 is 27.4 Å². The predicted octanol–water partition coefficient (Wildman–Crippen LogP) is 4.88. The van der Waals surface area contributed by atoms with Crippen LogP contribution in [0.25, 0.3) is 0 Å². The predicted molar refractivity (Wildman–Crippen MR) is 85.1 cm³/mol. The lowest BCUT2D eigenvalue weighted by Crippen LogP contribution is -2.06. The minimum atomic E-state index is -4.35. The molecule has 0 spiro atoms. The molecule has 0 aromatic heterocycles. The highest BCUT2D eigenvalue weighted by Crippen LogP contribution is 2.42. The van der Waals surface area contributed by atoms with Crippen LogP contribution in [0.2, 0.25) is 0 Å². The van der Waals surface area contributed by atoms with Gasteiger partial charge in [-0.15, -0.1) is 0 Å². The number of rotatable bonds is 5. The van der Waals surface area contributed by atoms with Crippen molar-refractivity contribution in [3.05, 3.63) is 53.1 Å². The molecule has 0 heterocycles. The smallest absolute Gasteiger partial charge is 0.416 e. The quantitative estimate of drug-likeness (QED) is 0.776. The molecule has 2 aromatic rings. The van der Waals surface area contributed by atoms with Crippen molar-refractivity contribution in [2.24, 2.45) is 0 Å². The Balaban J connectivity index is 2.47. The van der Waals surface area contributed by atoms with Crippen LogP contribution in [0.1, 0.15) is 29.5 Å². The van der Waals surface area contributed by atoms with Crippen molar-refractivity contribution in [3.63, 3.8) is 0 Å². The zero-order valence-electron chi connectivity index (χ0n) is 13.9. The molecule has 1 atom stereocenters. The molecule has 0 saturated carbocycles.